The average Bonchev–Trinajstić information content (AvgIpc) is 3.20. The predicted molar refractivity (Wildman–Crippen MR) is 68.9 cm³/mol. The molecule has 19 heavy (non-hydrogen) atoms. The van der Waals surface area contributed by atoms with Crippen LogP contribution in [-0.2, 0) is 9.53 Å². The summed E-state index contributed by atoms with van der Waals surface area (Å²) in [4.78, 5) is 11.7. The number of carbonyl (C=O) groups excluding carboxylic acids is 1. The van der Waals surface area contributed by atoms with Crippen LogP contribution in [0.4, 0.5) is 0 Å². The van der Waals surface area contributed by atoms with Gasteiger partial charge in [-0.2, -0.15) is 0 Å². The van der Waals surface area contributed by atoms with Crippen molar-refractivity contribution in [2.45, 2.75) is 25.4 Å². The largest absolute Gasteiger partial charge is 0.493 e. The Morgan fingerprint density at radius 3 is 2.26 bits per heavy atom. The van der Waals surface area contributed by atoms with Crippen LogP contribution in [0.15, 0.2) is 12.1 Å². The van der Waals surface area contributed by atoms with Crippen molar-refractivity contribution < 1.29 is 23.7 Å². The number of ether oxygens (including phenoxy) is 4. The van der Waals surface area contributed by atoms with Crippen molar-refractivity contribution in [1.29, 1.82) is 0 Å². The fourth-order valence-electron chi connectivity index (χ4n) is 1.97. The highest BCUT2D eigenvalue weighted by atomic mass is 16.6. The second kappa shape index (κ2) is 4.99. The van der Waals surface area contributed by atoms with Gasteiger partial charge in [-0.25, -0.2) is 4.79 Å². The molecule has 0 radical (unpaired) electrons. The van der Waals surface area contributed by atoms with E-state index in [-0.39, 0.29) is 5.97 Å². The first kappa shape index (κ1) is 13.5. The molecular formula is C14H18O5. The number of carbonyl (C=O) groups is 1. The van der Waals surface area contributed by atoms with Gasteiger partial charge in [0, 0.05) is 12.8 Å². The first-order valence-electron chi connectivity index (χ1n) is 6.07. The van der Waals surface area contributed by atoms with E-state index in [1.54, 1.807) is 20.3 Å². The second-order valence-corrected chi connectivity index (χ2v) is 4.54. The maximum atomic E-state index is 11.7. The molecule has 1 aliphatic rings. The lowest BCUT2D eigenvalue weighted by molar-refractivity contribution is -0.151. The van der Waals surface area contributed by atoms with Crippen molar-refractivity contribution in [1.82, 2.24) is 0 Å². The number of esters is 1. The minimum Gasteiger partial charge on any atom is -0.493 e. The van der Waals surface area contributed by atoms with E-state index in [9.17, 15) is 4.79 Å². The van der Waals surface area contributed by atoms with Gasteiger partial charge in [-0.15, -0.1) is 0 Å². The van der Waals surface area contributed by atoms with E-state index in [4.69, 9.17) is 18.9 Å². The van der Waals surface area contributed by atoms with Crippen LogP contribution in [0.5, 0.6) is 17.2 Å². The molecule has 0 spiro atoms. The fourth-order valence-corrected chi connectivity index (χ4v) is 1.97. The van der Waals surface area contributed by atoms with Crippen LogP contribution in [0, 0.1) is 6.92 Å². The Bertz CT molecular complexity index is 491. The van der Waals surface area contributed by atoms with Gasteiger partial charge in [-0.3, -0.25) is 0 Å². The third kappa shape index (κ3) is 2.32. The molecule has 0 amide bonds. The molecule has 5 nitrogen and oxygen atoms in total. The standard InChI is InChI=1S/C14H18O5/c1-9-5-6-10(16-2)12(17-3)11(9)19-14(7-8-14)13(15)18-4/h5-6H,7-8H2,1-4H3. The zero-order valence-electron chi connectivity index (χ0n) is 11.6. The van der Waals surface area contributed by atoms with Crippen molar-refractivity contribution in [3.63, 3.8) is 0 Å². The van der Waals surface area contributed by atoms with E-state index >= 15 is 0 Å². The normalized spacial score (nSPS) is 15.6. The Balaban J connectivity index is 2.37. The molecule has 0 bridgehead atoms. The van der Waals surface area contributed by atoms with E-state index in [1.807, 2.05) is 13.0 Å². The molecule has 0 aromatic heterocycles. The molecule has 1 aromatic carbocycles. The fraction of sp³-hybridized carbons (Fsp3) is 0.500. The summed E-state index contributed by atoms with van der Waals surface area (Å²) in [6.45, 7) is 1.89. The zero-order chi connectivity index (χ0) is 14.0. The molecule has 0 atom stereocenters. The lowest BCUT2D eigenvalue weighted by atomic mass is 10.2. The van der Waals surface area contributed by atoms with E-state index in [1.165, 1.54) is 7.11 Å². The third-order valence-corrected chi connectivity index (χ3v) is 3.26. The van der Waals surface area contributed by atoms with Crippen molar-refractivity contribution in [2.75, 3.05) is 21.3 Å². The molecule has 1 saturated carbocycles. The molecular weight excluding hydrogens is 248 g/mol. The Labute approximate surface area is 112 Å². The number of methoxy groups -OCH3 is 3. The van der Waals surface area contributed by atoms with Gasteiger partial charge in [-0.1, -0.05) is 6.07 Å². The molecule has 0 N–H and O–H groups in total. The van der Waals surface area contributed by atoms with Crippen LogP contribution in [0.3, 0.4) is 0 Å². The van der Waals surface area contributed by atoms with Gasteiger partial charge in [0.15, 0.2) is 11.5 Å². The highest BCUT2D eigenvalue weighted by molar-refractivity contribution is 5.83. The van der Waals surface area contributed by atoms with Gasteiger partial charge in [0.1, 0.15) is 0 Å². The number of benzene rings is 1. The Morgan fingerprint density at radius 1 is 1.11 bits per heavy atom. The Kier molecular flexibility index (Phi) is 3.55. The van der Waals surface area contributed by atoms with Gasteiger partial charge in [0.05, 0.1) is 21.3 Å². The maximum absolute atomic E-state index is 11.7. The molecule has 1 aromatic rings. The molecule has 5 heteroatoms. The molecule has 2 rings (SSSR count). The van der Waals surface area contributed by atoms with Crippen molar-refractivity contribution in [3.8, 4) is 17.2 Å². The molecule has 1 aliphatic carbocycles. The lowest BCUT2D eigenvalue weighted by Gasteiger charge is -2.20. The molecule has 1 fully saturated rings. The summed E-state index contributed by atoms with van der Waals surface area (Å²) in [5.74, 6) is 1.25. The lowest BCUT2D eigenvalue weighted by Crippen LogP contribution is -2.31. The minimum atomic E-state index is -0.862. The smallest absolute Gasteiger partial charge is 0.350 e. The third-order valence-electron chi connectivity index (χ3n) is 3.26. The molecule has 0 aliphatic heterocycles. The van der Waals surface area contributed by atoms with Gasteiger partial charge in [-0.05, 0) is 18.6 Å². The molecule has 0 heterocycles. The summed E-state index contributed by atoms with van der Waals surface area (Å²) in [5.41, 5.74) is 0.0203. The molecule has 104 valence electrons. The highest BCUT2D eigenvalue weighted by Gasteiger charge is 2.55. The van der Waals surface area contributed by atoms with Gasteiger partial charge < -0.3 is 18.9 Å². The SMILES string of the molecule is COC(=O)C1(Oc2c(C)ccc(OC)c2OC)CC1. The van der Waals surface area contributed by atoms with Crippen LogP contribution in [0.25, 0.3) is 0 Å². The number of rotatable bonds is 5. The zero-order valence-corrected chi connectivity index (χ0v) is 11.6. The van der Waals surface area contributed by atoms with Crippen molar-refractivity contribution in [3.05, 3.63) is 17.7 Å². The van der Waals surface area contributed by atoms with Crippen LogP contribution in [0.1, 0.15) is 18.4 Å². The summed E-state index contributed by atoms with van der Waals surface area (Å²) >= 11 is 0. The topological polar surface area (TPSA) is 54.0 Å². The van der Waals surface area contributed by atoms with Crippen LogP contribution < -0.4 is 14.2 Å². The minimum absolute atomic E-state index is 0.350. The van der Waals surface area contributed by atoms with Crippen LogP contribution >= 0.6 is 0 Å². The van der Waals surface area contributed by atoms with E-state index in [2.05, 4.69) is 0 Å². The van der Waals surface area contributed by atoms with Crippen molar-refractivity contribution in [2.24, 2.45) is 0 Å². The first-order valence-corrected chi connectivity index (χ1v) is 6.07. The van der Waals surface area contributed by atoms with Crippen LogP contribution in [-0.4, -0.2) is 32.9 Å². The maximum Gasteiger partial charge on any atom is 0.350 e. The van der Waals surface area contributed by atoms with Gasteiger partial charge in [0.2, 0.25) is 11.4 Å². The average molecular weight is 266 g/mol. The van der Waals surface area contributed by atoms with E-state index in [0.717, 1.165) is 5.56 Å². The second-order valence-electron chi connectivity index (χ2n) is 4.54. The highest BCUT2D eigenvalue weighted by Crippen LogP contribution is 2.47. The Morgan fingerprint density at radius 2 is 1.79 bits per heavy atom. The van der Waals surface area contributed by atoms with E-state index < -0.39 is 5.60 Å². The quantitative estimate of drug-likeness (QED) is 0.764. The van der Waals surface area contributed by atoms with E-state index in [0.29, 0.717) is 30.1 Å². The number of aryl methyl sites for hydroxylation is 1. The summed E-state index contributed by atoms with van der Waals surface area (Å²) in [6.07, 6.45) is 1.30. The number of hydrogen-bond acceptors (Lipinski definition) is 5. The van der Waals surface area contributed by atoms with Crippen LogP contribution in [0.2, 0.25) is 0 Å². The monoisotopic (exact) mass is 266 g/mol. The summed E-state index contributed by atoms with van der Waals surface area (Å²) in [6, 6.07) is 3.67. The molecule has 0 unspecified atom stereocenters. The Hall–Kier alpha value is -1.91. The van der Waals surface area contributed by atoms with Gasteiger partial charge in [0.25, 0.3) is 0 Å². The van der Waals surface area contributed by atoms with Gasteiger partial charge >= 0.3 is 5.97 Å². The molecule has 0 saturated heterocycles. The summed E-state index contributed by atoms with van der Waals surface area (Å²) < 4.78 is 21.2. The summed E-state index contributed by atoms with van der Waals surface area (Å²) in [5, 5.41) is 0. The predicted octanol–water partition coefficient (Wildman–Crippen LogP) is 2.10. The van der Waals surface area contributed by atoms with Crippen molar-refractivity contribution >= 4 is 5.97 Å². The number of hydrogen-bond donors (Lipinski definition) is 0. The first-order chi connectivity index (χ1) is 9.07. The summed E-state index contributed by atoms with van der Waals surface area (Å²) in [7, 11) is 4.47.